The summed E-state index contributed by atoms with van der Waals surface area (Å²) in [5, 5.41) is 10.9. The van der Waals surface area contributed by atoms with Gasteiger partial charge < -0.3 is 24.2 Å². The SMILES string of the molecule is COc1ccc(-c2sc3cc(O)ccc3c2Oc2ccc(OCC[NH+]3CCCCC3)cc2)cc1. The molecule has 34 heavy (non-hydrogen) atoms. The Kier molecular flexibility index (Phi) is 6.88. The van der Waals surface area contributed by atoms with Crippen LogP contribution in [0.1, 0.15) is 19.3 Å². The molecular weight excluding hydrogens is 446 g/mol. The van der Waals surface area contributed by atoms with Crippen LogP contribution in [0.3, 0.4) is 0 Å². The Bertz CT molecular complexity index is 1230. The van der Waals surface area contributed by atoms with Gasteiger partial charge >= 0.3 is 0 Å². The van der Waals surface area contributed by atoms with Crippen LogP contribution in [0.25, 0.3) is 20.5 Å². The van der Waals surface area contributed by atoms with Gasteiger partial charge in [0.2, 0.25) is 0 Å². The van der Waals surface area contributed by atoms with Crippen LogP contribution in [0, 0.1) is 0 Å². The molecular formula is C28H30NO4S+. The first kappa shape index (κ1) is 22.6. The number of ether oxygens (including phenoxy) is 3. The highest BCUT2D eigenvalue weighted by molar-refractivity contribution is 7.22. The number of fused-ring (bicyclic) bond motifs is 1. The van der Waals surface area contributed by atoms with E-state index in [1.54, 1.807) is 35.5 Å². The van der Waals surface area contributed by atoms with Crippen molar-refractivity contribution in [1.82, 2.24) is 0 Å². The Morgan fingerprint density at radius 3 is 2.29 bits per heavy atom. The highest BCUT2D eigenvalue weighted by atomic mass is 32.1. The van der Waals surface area contributed by atoms with Crippen molar-refractivity contribution in [3.05, 3.63) is 66.7 Å². The molecule has 2 N–H and O–H groups in total. The fraction of sp³-hybridized carbons (Fsp3) is 0.286. The van der Waals surface area contributed by atoms with Gasteiger partial charge in [-0.2, -0.15) is 0 Å². The minimum atomic E-state index is 0.245. The van der Waals surface area contributed by atoms with E-state index in [0.717, 1.165) is 56.7 Å². The molecule has 2 heterocycles. The van der Waals surface area contributed by atoms with Crippen LogP contribution in [-0.4, -0.2) is 38.5 Å². The van der Waals surface area contributed by atoms with Crippen LogP contribution in [0.4, 0.5) is 0 Å². The van der Waals surface area contributed by atoms with E-state index >= 15 is 0 Å². The zero-order valence-electron chi connectivity index (χ0n) is 19.4. The number of aromatic hydroxyl groups is 1. The van der Waals surface area contributed by atoms with Crippen LogP contribution < -0.4 is 19.1 Å². The van der Waals surface area contributed by atoms with Crippen molar-refractivity contribution in [2.24, 2.45) is 0 Å². The van der Waals surface area contributed by atoms with Crippen LogP contribution in [0.2, 0.25) is 0 Å². The molecule has 3 aromatic carbocycles. The summed E-state index contributed by atoms with van der Waals surface area (Å²) in [6.45, 7) is 4.31. The van der Waals surface area contributed by atoms with E-state index in [1.165, 1.54) is 32.4 Å². The van der Waals surface area contributed by atoms with Gasteiger partial charge in [0, 0.05) is 10.1 Å². The number of likely N-dealkylation sites (tertiary alicyclic amines) is 1. The van der Waals surface area contributed by atoms with E-state index in [9.17, 15) is 5.11 Å². The van der Waals surface area contributed by atoms with Gasteiger partial charge in [0.25, 0.3) is 0 Å². The van der Waals surface area contributed by atoms with Gasteiger partial charge in [0.15, 0.2) is 5.75 Å². The number of piperidine rings is 1. The molecule has 0 radical (unpaired) electrons. The van der Waals surface area contributed by atoms with Crippen molar-refractivity contribution in [2.45, 2.75) is 19.3 Å². The predicted molar refractivity (Wildman–Crippen MR) is 137 cm³/mol. The van der Waals surface area contributed by atoms with Crippen molar-refractivity contribution in [3.8, 4) is 39.2 Å². The van der Waals surface area contributed by atoms with E-state index in [1.807, 2.05) is 54.6 Å². The Morgan fingerprint density at radius 1 is 0.853 bits per heavy atom. The van der Waals surface area contributed by atoms with Gasteiger partial charge in [-0.25, -0.2) is 0 Å². The minimum Gasteiger partial charge on any atom is -0.508 e. The van der Waals surface area contributed by atoms with Gasteiger partial charge in [-0.1, -0.05) is 0 Å². The fourth-order valence-electron chi connectivity index (χ4n) is 4.43. The molecule has 0 unspecified atom stereocenters. The largest absolute Gasteiger partial charge is 0.508 e. The quantitative estimate of drug-likeness (QED) is 0.352. The van der Waals surface area contributed by atoms with Crippen molar-refractivity contribution in [2.75, 3.05) is 33.4 Å². The average Bonchev–Trinajstić information content (AvgIpc) is 3.23. The number of quaternary nitrogens is 1. The Balaban J connectivity index is 1.34. The molecule has 176 valence electrons. The third-order valence-corrected chi connectivity index (χ3v) is 7.49. The van der Waals surface area contributed by atoms with Gasteiger partial charge in [-0.05, 0) is 91.6 Å². The molecule has 0 bridgehead atoms. The average molecular weight is 477 g/mol. The summed E-state index contributed by atoms with van der Waals surface area (Å²) in [4.78, 5) is 2.65. The smallest absolute Gasteiger partial charge is 0.153 e. The Labute approximate surface area is 204 Å². The van der Waals surface area contributed by atoms with E-state index in [-0.39, 0.29) is 5.75 Å². The van der Waals surface area contributed by atoms with Gasteiger partial charge in [-0.3, -0.25) is 0 Å². The molecule has 6 heteroatoms. The fourth-order valence-corrected chi connectivity index (χ4v) is 5.60. The summed E-state index contributed by atoms with van der Waals surface area (Å²) in [5.41, 5.74) is 1.04. The van der Waals surface area contributed by atoms with Crippen molar-refractivity contribution < 1.29 is 24.2 Å². The van der Waals surface area contributed by atoms with E-state index in [2.05, 4.69) is 0 Å². The van der Waals surface area contributed by atoms with E-state index in [4.69, 9.17) is 14.2 Å². The lowest BCUT2D eigenvalue weighted by Gasteiger charge is -2.23. The molecule has 1 saturated heterocycles. The molecule has 0 saturated carbocycles. The van der Waals surface area contributed by atoms with E-state index in [0.29, 0.717) is 0 Å². The molecule has 0 amide bonds. The molecule has 4 aromatic rings. The van der Waals surface area contributed by atoms with Crippen LogP contribution in [-0.2, 0) is 0 Å². The van der Waals surface area contributed by atoms with Gasteiger partial charge in [0.05, 0.1) is 25.1 Å². The van der Waals surface area contributed by atoms with Crippen LogP contribution >= 0.6 is 11.3 Å². The third kappa shape index (κ3) is 5.13. The Hall–Kier alpha value is -3.22. The predicted octanol–water partition coefficient (Wildman–Crippen LogP) is 5.52. The number of hydrogen-bond donors (Lipinski definition) is 2. The molecule has 5 nitrogen and oxygen atoms in total. The standard InChI is InChI=1S/C28H29NO4S/c1-31-22-8-5-20(6-9-22)28-27(25-14-7-21(30)19-26(25)34-28)33-24-12-10-23(11-13-24)32-18-17-29-15-3-2-4-16-29/h5-14,19,30H,2-4,15-18H2,1H3/p+1. The summed E-state index contributed by atoms with van der Waals surface area (Å²) in [5.74, 6) is 3.44. The summed E-state index contributed by atoms with van der Waals surface area (Å²) in [7, 11) is 1.66. The number of thiophene rings is 1. The highest BCUT2D eigenvalue weighted by Gasteiger charge is 2.17. The van der Waals surface area contributed by atoms with Gasteiger partial charge in [0.1, 0.15) is 36.1 Å². The zero-order valence-corrected chi connectivity index (χ0v) is 20.2. The summed E-state index contributed by atoms with van der Waals surface area (Å²) in [6.07, 6.45) is 4.03. The first-order valence-electron chi connectivity index (χ1n) is 11.8. The molecule has 1 fully saturated rings. The zero-order chi connectivity index (χ0) is 23.3. The van der Waals surface area contributed by atoms with E-state index < -0.39 is 0 Å². The third-order valence-electron chi connectivity index (χ3n) is 6.31. The number of benzene rings is 3. The van der Waals surface area contributed by atoms with Crippen molar-refractivity contribution in [1.29, 1.82) is 0 Å². The maximum Gasteiger partial charge on any atom is 0.153 e. The van der Waals surface area contributed by atoms with Crippen molar-refractivity contribution in [3.63, 3.8) is 0 Å². The lowest BCUT2D eigenvalue weighted by molar-refractivity contribution is -0.904. The number of phenols is 1. The number of phenolic OH excluding ortho intramolecular Hbond substituents is 1. The second-order valence-corrected chi connectivity index (χ2v) is 9.70. The molecule has 1 aliphatic heterocycles. The summed E-state index contributed by atoms with van der Waals surface area (Å²) >= 11 is 1.60. The maximum atomic E-state index is 9.98. The monoisotopic (exact) mass is 476 g/mol. The molecule has 0 atom stereocenters. The second kappa shape index (κ2) is 10.4. The number of rotatable bonds is 8. The Morgan fingerprint density at radius 2 is 1.56 bits per heavy atom. The minimum absolute atomic E-state index is 0.245. The highest BCUT2D eigenvalue weighted by Crippen LogP contribution is 2.47. The summed E-state index contributed by atoms with van der Waals surface area (Å²) in [6, 6.07) is 21.1. The molecule has 0 spiro atoms. The summed E-state index contributed by atoms with van der Waals surface area (Å²) < 4.78 is 18.7. The molecule has 5 rings (SSSR count). The second-order valence-electron chi connectivity index (χ2n) is 8.65. The number of hydrogen-bond acceptors (Lipinski definition) is 5. The van der Waals surface area contributed by atoms with Crippen LogP contribution in [0.15, 0.2) is 66.7 Å². The first-order chi connectivity index (χ1) is 16.7. The lowest BCUT2D eigenvalue weighted by Crippen LogP contribution is -3.13. The number of nitrogens with one attached hydrogen (secondary N) is 1. The number of methoxy groups -OCH3 is 1. The lowest BCUT2D eigenvalue weighted by atomic mass is 10.1. The van der Waals surface area contributed by atoms with Crippen molar-refractivity contribution >= 4 is 21.4 Å². The molecule has 0 aliphatic carbocycles. The normalized spacial score (nSPS) is 14.3. The topological polar surface area (TPSA) is 52.4 Å². The first-order valence-corrected chi connectivity index (χ1v) is 12.7. The maximum absolute atomic E-state index is 9.98. The van der Waals surface area contributed by atoms with Crippen LogP contribution in [0.5, 0.6) is 28.7 Å². The molecule has 1 aliphatic rings. The van der Waals surface area contributed by atoms with Gasteiger partial charge in [-0.15, -0.1) is 11.3 Å². The molecule has 1 aromatic heterocycles.